The first-order valence-corrected chi connectivity index (χ1v) is 12.3. The lowest BCUT2D eigenvalue weighted by molar-refractivity contribution is -0.139. The molecule has 1 aliphatic rings. The topological polar surface area (TPSA) is 92.8 Å². The fourth-order valence-electron chi connectivity index (χ4n) is 4.64. The van der Waals surface area contributed by atoms with Gasteiger partial charge in [-0.3, -0.25) is 9.59 Å². The quantitative estimate of drug-likeness (QED) is 0.308. The van der Waals surface area contributed by atoms with Crippen molar-refractivity contribution in [2.24, 2.45) is 5.73 Å². The van der Waals surface area contributed by atoms with Crippen LogP contribution in [0.2, 0.25) is 5.02 Å². The summed E-state index contributed by atoms with van der Waals surface area (Å²) in [7, 11) is 0. The van der Waals surface area contributed by atoms with E-state index in [0.29, 0.717) is 41.1 Å². The number of halogens is 2. The smallest absolute Gasteiger partial charge is 0.252 e. The van der Waals surface area contributed by atoms with Crippen LogP contribution in [0, 0.1) is 5.82 Å². The highest BCUT2D eigenvalue weighted by molar-refractivity contribution is 6.31. The molecule has 9 heteroatoms. The molecule has 1 saturated heterocycles. The number of aromatic nitrogens is 1. The maximum Gasteiger partial charge on any atom is 0.252 e. The zero-order valence-electron chi connectivity index (χ0n) is 20.4. The molecule has 0 radical (unpaired) electrons. The number of nitrogens with zero attached hydrogens (tertiary/aromatic N) is 1. The molecule has 0 aliphatic carbocycles. The van der Waals surface area contributed by atoms with Gasteiger partial charge in [0.1, 0.15) is 11.6 Å². The number of Topliss-reactive ketones (excluding diaryl/α,β-unsaturated/α-hetero) is 1. The fourth-order valence-corrected chi connectivity index (χ4v) is 4.82. The third kappa shape index (κ3) is 5.32. The van der Waals surface area contributed by atoms with E-state index in [-0.39, 0.29) is 29.8 Å². The molecule has 3 aromatic carbocycles. The Hall–Kier alpha value is -3.46. The maximum absolute atomic E-state index is 14.1. The minimum atomic E-state index is -0.683. The molecule has 0 bridgehead atoms. The van der Waals surface area contributed by atoms with Gasteiger partial charge in [0.2, 0.25) is 5.78 Å². The number of hydrogen-bond donors (Lipinski definition) is 1. The Labute approximate surface area is 217 Å². The molecule has 0 spiro atoms. The molecule has 1 amide bonds. The number of ether oxygens (including phenoxy) is 3. The van der Waals surface area contributed by atoms with Gasteiger partial charge in [-0.1, -0.05) is 17.7 Å². The van der Waals surface area contributed by atoms with E-state index < -0.39 is 17.5 Å². The van der Waals surface area contributed by atoms with Crippen LogP contribution in [0.4, 0.5) is 4.39 Å². The van der Waals surface area contributed by atoms with E-state index in [1.807, 2.05) is 18.4 Å². The van der Waals surface area contributed by atoms with Crippen LogP contribution in [0.1, 0.15) is 41.0 Å². The maximum atomic E-state index is 14.1. The lowest BCUT2D eigenvalue weighted by atomic mass is 10.1. The van der Waals surface area contributed by atoms with E-state index >= 15 is 0 Å². The molecule has 1 atom stereocenters. The number of carbonyl (C=O) groups is 2. The average molecular weight is 525 g/mol. The Kier molecular flexibility index (Phi) is 6.66. The summed E-state index contributed by atoms with van der Waals surface area (Å²) in [6.45, 7) is 4.37. The Morgan fingerprint density at radius 2 is 1.95 bits per heavy atom. The zero-order chi connectivity index (χ0) is 26.3. The van der Waals surface area contributed by atoms with Gasteiger partial charge >= 0.3 is 0 Å². The Morgan fingerprint density at radius 1 is 1.14 bits per heavy atom. The number of hydrogen-bond acceptors (Lipinski definition) is 5. The van der Waals surface area contributed by atoms with Crippen LogP contribution in [0.5, 0.6) is 5.75 Å². The van der Waals surface area contributed by atoms with Gasteiger partial charge < -0.3 is 24.5 Å². The van der Waals surface area contributed by atoms with Gasteiger partial charge in [-0.05, 0) is 73.5 Å². The molecule has 0 unspecified atom stereocenters. The van der Waals surface area contributed by atoms with Crippen molar-refractivity contribution in [1.29, 1.82) is 0 Å². The minimum absolute atomic E-state index is 0.0986. The lowest BCUT2D eigenvalue weighted by Gasteiger charge is -2.17. The number of aryl methyl sites for hydroxylation is 1. The van der Waals surface area contributed by atoms with Gasteiger partial charge in [-0.2, -0.15) is 0 Å². The number of primary amides is 1. The number of ketones is 1. The molecule has 1 aliphatic heterocycles. The second kappa shape index (κ2) is 9.78. The Morgan fingerprint density at radius 3 is 2.68 bits per heavy atom. The van der Waals surface area contributed by atoms with E-state index in [4.69, 9.17) is 31.5 Å². The molecule has 2 heterocycles. The van der Waals surface area contributed by atoms with Crippen LogP contribution in [0.25, 0.3) is 21.7 Å². The van der Waals surface area contributed by atoms with Crippen molar-refractivity contribution < 1.29 is 28.2 Å². The Balaban J connectivity index is 1.39. The summed E-state index contributed by atoms with van der Waals surface area (Å²) in [6, 6.07) is 12.8. The zero-order valence-corrected chi connectivity index (χ0v) is 21.2. The van der Waals surface area contributed by atoms with Crippen LogP contribution in [0.15, 0.2) is 54.7 Å². The second-order valence-electron chi connectivity index (χ2n) is 9.55. The molecule has 1 fully saturated rings. The van der Waals surface area contributed by atoms with E-state index in [1.54, 1.807) is 42.6 Å². The van der Waals surface area contributed by atoms with Crippen molar-refractivity contribution in [3.05, 3.63) is 76.7 Å². The van der Waals surface area contributed by atoms with Gasteiger partial charge in [0, 0.05) is 28.7 Å². The predicted molar refractivity (Wildman–Crippen MR) is 139 cm³/mol. The van der Waals surface area contributed by atoms with E-state index in [0.717, 1.165) is 10.8 Å². The first kappa shape index (κ1) is 25.2. The van der Waals surface area contributed by atoms with E-state index in [2.05, 4.69) is 0 Å². The van der Waals surface area contributed by atoms with Crippen molar-refractivity contribution in [3.63, 3.8) is 0 Å². The van der Waals surface area contributed by atoms with Gasteiger partial charge in [-0.15, -0.1) is 0 Å². The Bertz CT molecular complexity index is 1530. The summed E-state index contributed by atoms with van der Waals surface area (Å²) in [5.74, 6) is -1.83. The van der Waals surface area contributed by atoms with E-state index in [9.17, 15) is 14.0 Å². The standard InChI is InChI=1S/C28H26ClFN2O5/c1-28(2)36-14-20(37-28)7-8-32-13-23(21-6-5-19(30)12-24(21)32)25(33)15-35-26-11-16-3-4-18(29)9-17(16)10-22(26)27(31)34/h3-6,9-13,20H,7-8,14-15H2,1-2H3,(H2,31,34)/t20-/m1/s1. The molecule has 5 rings (SSSR count). The van der Waals surface area contributed by atoms with Gasteiger partial charge in [0.25, 0.3) is 5.91 Å². The second-order valence-corrected chi connectivity index (χ2v) is 9.99. The molecular formula is C28H26ClFN2O5. The predicted octanol–water partition coefficient (Wildman–Crippen LogP) is 5.49. The minimum Gasteiger partial charge on any atom is -0.485 e. The normalized spacial score (nSPS) is 16.9. The van der Waals surface area contributed by atoms with Crippen molar-refractivity contribution in [2.45, 2.75) is 38.7 Å². The first-order valence-electron chi connectivity index (χ1n) is 11.9. The van der Waals surface area contributed by atoms with Crippen molar-refractivity contribution >= 4 is 45.0 Å². The highest BCUT2D eigenvalue weighted by Crippen LogP contribution is 2.30. The SMILES string of the molecule is CC1(C)OC[C@@H](CCn2cc(C(=O)COc3cc4ccc(Cl)cc4cc3C(N)=O)c3ccc(F)cc32)O1. The lowest BCUT2D eigenvalue weighted by Crippen LogP contribution is -2.22. The third-order valence-corrected chi connectivity index (χ3v) is 6.66. The average Bonchev–Trinajstić information content (AvgIpc) is 3.39. The highest BCUT2D eigenvalue weighted by Gasteiger charge is 2.32. The summed E-state index contributed by atoms with van der Waals surface area (Å²) >= 11 is 6.06. The highest BCUT2D eigenvalue weighted by atomic mass is 35.5. The molecule has 192 valence electrons. The molecule has 0 saturated carbocycles. The number of rotatable bonds is 8. The number of benzene rings is 3. The third-order valence-electron chi connectivity index (χ3n) is 6.43. The molecule has 4 aromatic rings. The van der Waals surface area contributed by atoms with Crippen LogP contribution in [-0.2, 0) is 16.0 Å². The van der Waals surface area contributed by atoms with Gasteiger partial charge in [-0.25, -0.2) is 4.39 Å². The van der Waals surface area contributed by atoms with Crippen molar-refractivity contribution in [2.75, 3.05) is 13.2 Å². The number of fused-ring (bicyclic) bond motifs is 2. The monoisotopic (exact) mass is 524 g/mol. The molecule has 37 heavy (non-hydrogen) atoms. The fraction of sp³-hybridized carbons (Fsp3) is 0.286. The molecule has 7 nitrogen and oxygen atoms in total. The largest absolute Gasteiger partial charge is 0.485 e. The van der Waals surface area contributed by atoms with Crippen LogP contribution in [-0.4, -0.2) is 41.4 Å². The van der Waals surface area contributed by atoms with Gasteiger partial charge in [0.15, 0.2) is 12.4 Å². The molecular weight excluding hydrogens is 499 g/mol. The van der Waals surface area contributed by atoms with E-state index in [1.165, 1.54) is 12.1 Å². The molecule has 2 N–H and O–H groups in total. The van der Waals surface area contributed by atoms with Crippen LogP contribution in [0.3, 0.4) is 0 Å². The van der Waals surface area contributed by atoms with Crippen LogP contribution >= 0.6 is 11.6 Å². The van der Waals surface area contributed by atoms with Crippen LogP contribution < -0.4 is 10.5 Å². The summed E-state index contributed by atoms with van der Waals surface area (Å²) in [5.41, 5.74) is 6.70. The van der Waals surface area contributed by atoms with Gasteiger partial charge in [0.05, 0.1) is 23.8 Å². The number of carbonyl (C=O) groups excluding carboxylic acids is 2. The first-order chi connectivity index (χ1) is 17.6. The van der Waals surface area contributed by atoms with Crippen molar-refractivity contribution in [3.8, 4) is 5.75 Å². The summed E-state index contributed by atoms with van der Waals surface area (Å²) in [6.07, 6.45) is 2.24. The summed E-state index contributed by atoms with van der Waals surface area (Å²) in [4.78, 5) is 25.3. The molecule has 1 aromatic heterocycles. The summed E-state index contributed by atoms with van der Waals surface area (Å²) < 4.78 is 33.2. The number of amides is 1. The summed E-state index contributed by atoms with van der Waals surface area (Å²) in [5, 5.41) is 2.65. The van der Waals surface area contributed by atoms with Crippen molar-refractivity contribution in [1.82, 2.24) is 4.57 Å². The number of nitrogens with two attached hydrogens (primary N) is 1.